The molecule has 1 saturated carbocycles. The summed E-state index contributed by atoms with van der Waals surface area (Å²) in [5, 5.41) is 6.67. The van der Waals surface area contributed by atoms with Gasteiger partial charge in [-0.1, -0.05) is 17.7 Å². The fourth-order valence-corrected chi connectivity index (χ4v) is 2.62. The number of aromatic nitrogens is 5. The van der Waals surface area contributed by atoms with Crippen molar-refractivity contribution in [3.05, 3.63) is 47.6 Å². The topological polar surface area (TPSA) is 88.5 Å². The van der Waals surface area contributed by atoms with Gasteiger partial charge in [-0.15, -0.1) is 0 Å². The van der Waals surface area contributed by atoms with Gasteiger partial charge in [0, 0.05) is 6.04 Å². The molecule has 0 radical (unpaired) electrons. The zero-order valence-corrected chi connectivity index (χ0v) is 14.4. The van der Waals surface area contributed by atoms with Crippen molar-refractivity contribution in [1.29, 1.82) is 0 Å². The van der Waals surface area contributed by atoms with Crippen LogP contribution >= 0.6 is 11.6 Å². The molecule has 9 heteroatoms. The largest absolute Gasteiger partial charge is 0.351 e. The van der Waals surface area contributed by atoms with Crippen LogP contribution in [-0.4, -0.2) is 31.0 Å². The fraction of sp³-hybridized carbons (Fsp3) is 0.235. The highest BCUT2D eigenvalue weighted by atomic mass is 35.5. The lowest BCUT2D eigenvalue weighted by molar-refractivity contribution is 0.443. The number of nitrogens with one attached hydrogen (secondary N) is 2. The Hall–Kier alpha value is -2.87. The van der Waals surface area contributed by atoms with Crippen molar-refractivity contribution in [3.63, 3.8) is 0 Å². The van der Waals surface area contributed by atoms with Gasteiger partial charge in [-0.05, 0) is 43.5 Å². The Labute approximate surface area is 154 Å². The molecule has 0 saturated heterocycles. The van der Waals surface area contributed by atoms with Crippen LogP contribution in [0.5, 0.6) is 0 Å². The number of anilines is 3. The first-order valence-corrected chi connectivity index (χ1v) is 8.58. The molecule has 1 fully saturated rings. The van der Waals surface area contributed by atoms with E-state index in [1.165, 1.54) is 18.7 Å². The summed E-state index contributed by atoms with van der Waals surface area (Å²) in [7, 11) is 0. The zero-order chi connectivity index (χ0) is 17.9. The molecule has 0 atom stereocenters. The van der Waals surface area contributed by atoms with E-state index < -0.39 is 5.95 Å². The molecule has 4 rings (SSSR count). The summed E-state index contributed by atoms with van der Waals surface area (Å²) in [6.45, 7) is 0. The maximum Gasteiger partial charge on any atom is 0.232 e. The van der Waals surface area contributed by atoms with Crippen molar-refractivity contribution in [1.82, 2.24) is 24.9 Å². The summed E-state index contributed by atoms with van der Waals surface area (Å²) in [4.78, 5) is 21.1. The summed E-state index contributed by atoms with van der Waals surface area (Å²) in [6.07, 6.45) is 4.73. The summed E-state index contributed by atoms with van der Waals surface area (Å²) in [5.74, 6) is 0.607. The number of hydrogen-bond donors (Lipinski definition) is 2. The Balaban J connectivity index is 1.68. The number of rotatable bonds is 5. The Morgan fingerprint density at radius 1 is 1.00 bits per heavy atom. The van der Waals surface area contributed by atoms with Gasteiger partial charge in [0.2, 0.25) is 17.8 Å². The Morgan fingerprint density at radius 2 is 1.85 bits per heavy atom. The molecular formula is C17H15ClFN7. The van der Waals surface area contributed by atoms with Crippen LogP contribution in [0.25, 0.3) is 11.5 Å². The molecule has 3 aromatic heterocycles. The van der Waals surface area contributed by atoms with Crippen molar-refractivity contribution in [3.8, 4) is 11.5 Å². The monoisotopic (exact) mass is 371 g/mol. The lowest BCUT2D eigenvalue weighted by atomic mass is 9.93. The van der Waals surface area contributed by atoms with Crippen molar-refractivity contribution in [2.75, 3.05) is 10.6 Å². The first kappa shape index (κ1) is 16.6. The van der Waals surface area contributed by atoms with Gasteiger partial charge in [0.05, 0.1) is 11.9 Å². The van der Waals surface area contributed by atoms with E-state index in [1.807, 2.05) is 0 Å². The van der Waals surface area contributed by atoms with Crippen LogP contribution in [0.3, 0.4) is 0 Å². The molecule has 1 aliphatic carbocycles. The van der Waals surface area contributed by atoms with Gasteiger partial charge in [-0.2, -0.15) is 19.3 Å². The minimum Gasteiger partial charge on any atom is -0.351 e. The molecule has 0 spiro atoms. The van der Waals surface area contributed by atoms with Crippen LogP contribution in [0.2, 0.25) is 5.15 Å². The SMILES string of the molecule is Fc1ccc(Nc2nc(NC3CCC3)nc(-c3cccc(Cl)n3)n2)cn1. The van der Waals surface area contributed by atoms with Crippen molar-refractivity contribution in [2.45, 2.75) is 25.3 Å². The van der Waals surface area contributed by atoms with E-state index in [0.29, 0.717) is 40.3 Å². The highest BCUT2D eigenvalue weighted by molar-refractivity contribution is 6.29. The molecule has 2 N–H and O–H groups in total. The quantitative estimate of drug-likeness (QED) is 0.659. The maximum absolute atomic E-state index is 13.0. The average molecular weight is 372 g/mol. The normalized spacial score (nSPS) is 13.9. The summed E-state index contributed by atoms with van der Waals surface area (Å²) in [6, 6.07) is 8.42. The van der Waals surface area contributed by atoms with Gasteiger partial charge in [0.15, 0.2) is 5.82 Å². The van der Waals surface area contributed by atoms with Crippen molar-refractivity contribution < 1.29 is 4.39 Å². The lowest BCUT2D eigenvalue weighted by Gasteiger charge is -2.26. The van der Waals surface area contributed by atoms with Gasteiger partial charge < -0.3 is 10.6 Å². The third-order valence-electron chi connectivity index (χ3n) is 4.00. The van der Waals surface area contributed by atoms with E-state index in [9.17, 15) is 4.39 Å². The lowest BCUT2D eigenvalue weighted by Crippen LogP contribution is -2.28. The summed E-state index contributed by atoms with van der Waals surface area (Å²) in [5.41, 5.74) is 1.11. The predicted octanol–water partition coefficient (Wildman–Crippen LogP) is 3.83. The summed E-state index contributed by atoms with van der Waals surface area (Å²) >= 11 is 5.98. The summed E-state index contributed by atoms with van der Waals surface area (Å²) < 4.78 is 13.0. The Morgan fingerprint density at radius 3 is 2.54 bits per heavy atom. The smallest absolute Gasteiger partial charge is 0.232 e. The van der Waals surface area contributed by atoms with Crippen LogP contribution in [0.4, 0.5) is 22.0 Å². The van der Waals surface area contributed by atoms with Crippen LogP contribution in [0.1, 0.15) is 19.3 Å². The third kappa shape index (κ3) is 3.85. The van der Waals surface area contributed by atoms with E-state index in [0.717, 1.165) is 12.8 Å². The second-order valence-electron chi connectivity index (χ2n) is 5.92. The molecule has 0 unspecified atom stereocenters. The molecule has 132 valence electrons. The average Bonchev–Trinajstić information content (AvgIpc) is 2.60. The third-order valence-corrected chi connectivity index (χ3v) is 4.21. The molecule has 0 bridgehead atoms. The fourth-order valence-electron chi connectivity index (χ4n) is 2.46. The second kappa shape index (κ2) is 7.17. The second-order valence-corrected chi connectivity index (χ2v) is 6.31. The van der Waals surface area contributed by atoms with Crippen LogP contribution in [0, 0.1) is 5.95 Å². The number of halogens is 2. The molecule has 0 aromatic carbocycles. The van der Waals surface area contributed by atoms with E-state index in [-0.39, 0.29) is 0 Å². The molecule has 1 aliphatic rings. The van der Waals surface area contributed by atoms with Gasteiger partial charge in [-0.3, -0.25) is 0 Å². The molecule has 26 heavy (non-hydrogen) atoms. The minimum atomic E-state index is -0.553. The zero-order valence-electron chi connectivity index (χ0n) is 13.7. The first-order valence-electron chi connectivity index (χ1n) is 8.20. The van der Waals surface area contributed by atoms with Gasteiger partial charge >= 0.3 is 0 Å². The molecule has 3 heterocycles. The standard InChI is InChI=1S/C17H15ClFN7/c18-13-6-2-5-12(23-13)15-24-16(21-10-3-1-4-10)26-17(25-15)22-11-7-8-14(19)20-9-11/h2,5-10H,1,3-4H2,(H2,21,22,24,25,26). The molecule has 0 aliphatic heterocycles. The van der Waals surface area contributed by atoms with Crippen molar-refractivity contribution >= 4 is 29.2 Å². The van der Waals surface area contributed by atoms with E-state index in [1.54, 1.807) is 24.3 Å². The number of pyridine rings is 2. The van der Waals surface area contributed by atoms with E-state index >= 15 is 0 Å². The van der Waals surface area contributed by atoms with Gasteiger partial charge in [0.25, 0.3) is 0 Å². The Kier molecular flexibility index (Phi) is 4.57. The number of hydrogen-bond acceptors (Lipinski definition) is 7. The highest BCUT2D eigenvalue weighted by Gasteiger charge is 2.19. The van der Waals surface area contributed by atoms with E-state index in [2.05, 4.69) is 35.6 Å². The predicted molar refractivity (Wildman–Crippen MR) is 96.8 cm³/mol. The van der Waals surface area contributed by atoms with E-state index in [4.69, 9.17) is 11.6 Å². The Bertz CT molecular complexity index is 915. The number of nitrogens with zero attached hydrogens (tertiary/aromatic N) is 5. The van der Waals surface area contributed by atoms with Gasteiger partial charge in [0.1, 0.15) is 10.8 Å². The highest BCUT2D eigenvalue weighted by Crippen LogP contribution is 2.24. The minimum absolute atomic E-state index is 0.312. The molecule has 3 aromatic rings. The molecular weight excluding hydrogens is 357 g/mol. The molecule has 7 nitrogen and oxygen atoms in total. The first-order chi connectivity index (χ1) is 12.7. The van der Waals surface area contributed by atoms with Crippen LogP contribution in [0.15, 0.2) is 36.5 Å². The van der Waals surface area contributed by atoms with Crippen LogP contribution in [-0.2, 0) is 0 Å². The van der Waals surface area contributed by atoms with Gasteiger partial charge in [-0.25, -0.2) is 9.97 Å². The maximum atomic E-state index is 13.0. The molecule has 0 amide bonds. The van der Waals surface area contributed by atoms with Crippen molar-refractivity contribution in [2.24, 2.45) is 0 Å². The van der Waals surface area contributed by atoms with Crippen LogP contribution < -0.4 is 10.6 Å².